The number of imidazole rings is 1. The summed E-state index contributed by atoms with van der Waals surface area (Å²) in [5.41, 5.74) is 5.17. The summed E-state index contributed by atoms with van der Waals surface area (Å²) in [6.45, 7) is 4.07. The second kappa shape index (κ2) is 6.87. The first kappa shape index (κ1) is 15.6. The van der Waals surface area contributed by atoms with Gasteiger partial charge in [-0.3, -0.25) is 4.79 Å². The predicted octanol–water partition coefficient (Wildman–Crippen LogP) is 4.30. The van der Waals surface area contributed by atoms with E-state index in [2.05, 4.69) is 15.3 Å². The van der Waals surface area contributed by atoms with Gasteiger partial charge in [0.1, 0.15) is 0 Å². The summed E-state index contributed by atoms with van der Waals surface area (Å²) in [5.74, 6) is 0.721. The lowest BCUT2D eigenvalue weighted by molar-refractivity contribution is -0.115. The van der Waals surface area contributed by atoms with E-state index in [4.69, 9.17) is 0 Å². The van der Waals surface area contributed by atoms with Crippen LogP contribution < -0.4 is 5.32 Å². The van der Waals surface area contributed by atoms with E-state index in [0.29, 0.717) is 12.2 Å². The summed E-state index contributed by atoms with van der Waals surface area (Å²) in [6.07, 6.45) is 0.453. The van der Waals surface area contributed by atoms with Gasteiger partial charge in [-0.25, -0.2) is 4.98 Å². The molecule has 0 radical (unpaired) electrons. The van der Waals surface area contributed by atoms with E-state index < -0.39 is 0 Å². The van der Waals surface area contributed by atoms with Crippen molar-refractivity contribution in [2.45, 2.75) is 25.4 Å². The van der Waals surface area contributed by atoms with E-state index in [-0.39, 0.29) is 5.91 Å². The summed E-state index contributed by atoms with van der Waals surface area (Å²) >= 11 is 1.56. The fourth-order valence-electron chi connectivity index (χ4n) is 2.34. The fraction of sp³-hybridized carbons (Fsp3) is 0.222. The van der Waals surface area contributed by atoms with Crippen molar-refractivity contribution in [1.29, 1.82) is 0 Å². The van der Waals surface area contributed by atoms with Crippen LogP contribution in [-0.4, -0.2) is 21.6 Å². The Morgan fingerprint density at radius 1 is 1.17 bits per heavy atom. The van der Waals surface area contributed by atoms with Crippen LogP contribution in [-0.2, 0) is 4.79 Å². The molecule has 3 aromatic rings. The highest BCUT2D eigenvalue weighted by molar-refractivity contribution is 7.99. The molecule has 0 saturated heterocycles. The highest BCUT2D eigenvalue weighted by Crippen LogP contribution is 2.21. The molecule has 1 amide bonds. The third kappa shape index (κ3) is 3.74. The first-order valence-electron chi connectivity index (χ1n) is 7.57. The number of fused-ring (bicyclic) bond motifs is 1. The molecule has 0 fully saturated rings. The Bertz CT molecular complexity index is 808. The van der Waals surface area contributed by atoms with Gasteiger partial charge in [-0.15, -0.1) is 0 Å². The number of benzene rings is 2. The number of H-pyrrole nitrogens is 1. The van der Waals surface area contributed by atoms with Crippen molar-refractivity contribution < 1.29 is 4.79 Å². The van der Waals surface area contributed by atoms with Gasteiger partial charge in [0.2, 0.25) is 5.91 Å². The number of amides is 1. The molecule has 0 aliphatic heterocycles. The maximum Gasteiger partial charge on any atom is 0.225 e. The van der Waals surface area contributed by atoms with Crippen LogP contribution in [0.1, 0.15) is 17.5 Å². The van der Waals surface area contributed by atoms with E-state index in [1.165, 1.54) is 5.56 Å². The maximum absolute atomic E-state index is 12.1. The van der Waals surface area contributed by atoms with Crippen LogP contribution in [0.2, 0.25) is 0 Å². The highest BCUT2D eigenvalue weighted by atomic mass is 32.2. The van der Waals surface area contributed by atoms with Gasteiger partial charge in [-0.05, 0) is 43.2 Å². The van der Waals surface area contributed by atoms with Gasteiger partial charge in [-0.2, -0.15) is 0 Å². The van der Waals surface area contributed by atoms with E-state index in [1.807, 2.05) is 56.3 Å². The molecule has 4 nitrogen and oxygen atoms in total. The lowest BCUT2D eigenvalue weighted by atomic mass is 10.1. The number of nitrogens with one attached hydrogen (secondary N) is 2. The van der Waals surface area contributed by atoms with Gasteiger partial charge in [0.15, 0.2) is 5.16 Å². The average Bonchev–Trinajstić information content (AvgIpc) is 2.94. The van der Waals surface area contributed by atoms with E-state index >= 15 is 0 Å². The molecule has 23 heavy (non-hydrogen) atoms. The number of carbonyl (C=O) groups excluding carboxylic acids is 1. The van der Waals surface area contributed by atoms with Crippen LogP contribution in [0.4, 0.5) is 5.69 Å². The van der Waals surface area contributed by atoms with Gasteiger partial charge in [0, 0.05) is 17.9 Å². The minimum absolute atomic E-state index is 0.0299. The normalized spacial score (nSPS) is 10.9. The zero-order chi connectivity index (χ0) is 16.2. The second-order valence-corrected chi connectivity index (χ2v) is 6.54. The molecule has 0 spiro atoms. The molecule has 0 aliphatic carbocycles. The molecule has 118 valence electrons. The zero-order valence-corrected chi connectivity index (χ0v) is 14.0. The standard InChI is InChI=1S/C18H19N3OS/c1-12-6-5-9-14(13(12)2)19-17(22)10-11-23-18-20-15-7-3-4-8-16(15)21-18/h3-9H,10-11H2,1-2H3,(H,19,22)(H,20,21). The van der Waals surface area contributed by atoms with Crippen molar-refractivity contribution in [3.8, 4) is 0 Å². The predicted molar refractivity (Wildman–Crippen MR) is 96.0 cm³/mol. The van der Waals surface area contributed by atoms with Crippen molar-refractivity contribution in [1.82, 2.24) is 9.97 Å². The van der Waals surface area contributed by atoms with Crippen molar-refractivity contribution in [3.05, 3.63) is 53.6 Å². The van der Waals surface area contributed by atoms with E-state index in [9.17, 15) is 4.79 Å². The monoisotopic (exact) mass is 325 g/mol. The van der Waals surface area contributed by atoms with Crippen molar-refractivity contribution in [2.75, 3.05) is 11.1 Å². The Balaban J connectivity index is 1.54. The fourth-order valence-corrected chi connectivity index (χ4v) is 3.16. The van der Waals surface area contributed by atoms with Crippen LogP contribution in [0.25, 0.3) is 11.0 Å². The van der Waals surface area contributed by atoms with Gasteiger partial charge in [-0.1, -0.05) is 36.0 Å². The number of hydrogen-bond donors (Lipinski definition) is 2. The molecule has 3 rings (SSSR count). The molecule has 2 N–H and O–H groups in total. The van der Waals surface area contributed by atoms with Crippen LogP contribution in [0.5, 0.6) is 0 Å². The Labute approximate surface area is 139 Å². The van der Waals surface area contributed by atoms with Crippen LogP contribution in [0.3, 0.4) is 0 Å². The van der Waals surface area contributed by atoms with E-state index in [0.717, 1.165) is 27.4 Å². The molecule has 2 aromatic carbocycles. The maximum atomic E-state index is 12.1. The number of nitrogens with zero attached hydrogens (tertiary/aromatic N) is 1. The molecular weight excluding hydrogens is 306 g/mol. The molecule has 0 saturated carbocycles. The number of aromatic amines is 1. The molecule has 5 heteroatoms. The quantitative estimate of drug-likeness (QED) is 0.688. The largest absolute Gasteiger partial charge is 0.333 e. The Hall–Kier alpha value is -2.27. The molecule has 0 bridgehead atoms. The number of para-hydroxylation sites is 2. The third-order valence-electron chi connectivity index (χ3n) is 3.81. The lowest BCUT2D eigenvalue weighted by Crippen LogP contribution is -2.13. The minimum Gasteiger partial charge on any atom is -0.333 e. The number of anilines is 1. The SMILES string of the molecule is Cc1cccc(NC(=O)CCSc2nc3ccccc3[nH]2)c1C. The number of aromatic nitrogens is 2. The van der Waals surface area contributed by atoms with Crippen LogP contribution in [0.15, 0.2) is 47.6 Å². The van der Waals surface area contributed by atoms with Gasteiger partial charge in [0.05, 0.1) is 11.0 Å². The third-order valence-corrected chi connectivity index (χ3v) is 4.69. The van der Waals surface area contributed by atoms with E-state index in [1.54, 1.807) is 11.8 Å². The molecule has 0 aliphatic rings. The summed E-state index contributed by atoms with van der Waals surface area (Å²) < 4.78 is 0. The molecule has 0 unspecified atom stereocenters. The highest BCUT2D eigenvalue weighted by Gasteiger charge is 2.08. The van der Waals surface area contributed by atoms with Gasteiger partial charge >= 0.3 is 0 Å². The summed E-state index contributed by atoms with van der Waals surface area (Å²) in [6, 6.07) is 13.9. The molecule has 1 aromatic heterocycles. The van der Waals surface area contributed by atoms with Crippen molar-refractivity contribution >= 4 is 34.4 Å². The first-order chi connectivity index (χ1) is 11.1. The number of thioether (sulfide) groups is 1. The van der Waals surface area contributed by atoms with Gasteiger partial charge < -0.3 is 10.3 Å². The topological polar surface area (TPSA) is 57.8 Å². The second-order valence-electron chi connectivity index (χ2n) is 5.45. The van der Waals surface area contributed by atoms with Crippen LogP contribution >= 0.6 is 11.8 Å². The minimum atomic E-state index is 0.0299. The van der Waals surface area contributed by atoms with Crippen LogP contribution in [0, 0.1) is 13.8 Å². The molecular formula is C18H19N3OS. The number of aryl methyl sites for hydroxylation is 1. The zero-order valence-electron chi connectivity index (χ0n) is 13.2. The van der Waals surface area contributed by atoms with Crippen molar-refractivity contribution in [3.63, 3.8) is 0 Å². The summed E-state index contributed by atoms with van der Waals surface area (Å²) in [5, 5.41) is 3.83. The number of rotatable bonds is 5. The first-order valence-corrected chi connectivity index (χ1v) is 8.55. The smallest absolute Gasteiger partial charge is 0.225 e. The summed E-state index contributed by atoms with van der Waals surface area (Å²) in [7, 11) is 0. The molecule has 0 atom stereocenters. The Kier molecular flexibility index (Phi) is 4.67. The lowest BCUT2D eigenvalue weighted by Gasteiger charge is -2.09. The average molecular weight is 325 g/mol. The van der Waals surface area contributed by atoms with Gasteiger partial charge in [0.25, 0.3) is 0 Å². The molecule has 1 heterocycles. The number of hydrogen-bond acceptors (Lipinski definition) is 3. The Morgan fingerprint density at radius 3 is 2.83 bits per heavy atom. The summed E-state index contributed by atoms with van der Waals surface area (Å²) in [4.78, 5) is 19.8. The number of carbonyl (C=O) groups is 1. The van der Waals surface area contributed by atoms with Crippen molar-refractivity contribution in [2.24, 2.45) is 0 Å². The Morgan fingerprint density at radius 2 is 2.00 bits per heavy atom.